The first-order valence-corrected chi connectivity index (χ1v) is 8.91. The number of methoxy groups -OCH3 is 1. The van der Waals surface area contributed by atoms with Gasteiger partial charge in [0.2, 0.25) is 5.16 Å². The molecule has 0 radical (unpaired) electrons. The van der Waals surface area contributed by atoms with Crippen molar-refractivity contribution < 1.29 is 9.66 Å². The Morgan fingerprint density at radius 2 is 2.12 bits per heavy atom. The minimum atomic E-state index is -0.406. The molecule has 26 heavy (non-hydrogen) atoms. The summed E-state index contributed by atoms with van der Waals surface area (Å²) in [6.45, 7) is 1.94. The average molecular weight is 391 g/mol. The SMILES string of the molecule is COc1ccc(Cl)cc1-c1nc(S[C@H](C)c2cccc([N+](=O)[O-])c2)n[nH]1. The predicted molar refractivity (Wildman–Crippen MR) is 101 cm³/mol. The molecule has 0 bridgehead atoms. The second kappa shape index (κ2) is 7.76. The summed E-state index contributed by atoms with van der Waals surface area (Å²) < 4.78 is 5.33. The smallest absolute Gasteiger partial charge is 0.269 e. The van der Waals surface area contributed by atoms with E-state index in [1.54, 1.807) is 37.4 Å². The third-order valence-corrected chi connectivity index (χ3v) is 4.97. The summed E-state index contributed by atoms with van der Waals surface area (Å²) in [7, 11) is 1.57. The maximum absolute atomic E-state index is 10.9. The molecular formula is C17H15ClN4O3S. The highest BCUT2D eigenvalue weighted by molar-refractivity contribution is 7.99. The van der Waals surface area contributed by atoms with Gasteiger partial charge in [-0.2, -0.15) is 0 Å². The van der Waals surface area contributed by atoms with Crippen molar-refractivity contribution in [2.24, 2.45) is 0 Å². The molecule has 0 fully saturated rings. The number of non-ortho nitro benzene ring substituents is 1. The van der Waals surface area contributed by atoms with Crippen LogP contribution in [0.15, 0.2) is 47.6 Å². The number of thioether (sulfide) groups is 1. The van der Waals surface area contributed by atoms with E-state index in [9.17, 15) is 10.1 Å². The second-order valence-electron chi connectivity index (χ2n) is 5.42. The normalized spacial score (nSPS) is 12.0. The number of hydrogen-bond donors (Lipinski definition) is 1. The summed E-state index contributed by atoms with van der Waals surface area (Å²) in [4.78, 5) is 15.0. The molecule has 3 rings (SSSR count). The van der Waals surface area contributed by atoms with E-state index in [-0.39, 0.29) is 10.9 Å². The van der Waals surface area contributed by atoms with Crippen LogP contribution in [0.25, 0.3) is 11.4 Å². The van der Waals surface area contributed by atoms with Crippen LogP contribution in [0.3, 0.4) is 0 Å². The standard InChI is InChI=1S/C17H15ClN4O3S/c1-10(11-4-3-5-13(8-11)22(23)24)26-17-19-16(20-21-17)14-9-12(18)6-7-15(14)25-2/h3-10H,1-2H3,(H,19,20,21)/t10-/m1/s1. The Hall–Kier alpha value is -2.58. The molecule has 1 heterocycles. The Bertz CT molecular complexity index is 947. The lowest BCUT2D eigenvalue weighted by molar-refractivity contribution is -0.384. The fourth-order valence-electron chi connectivity index (χ4n) is 2.40. The van der Waals surface area contributed by atoms with Crippen LogP contribution in [-0.2, 0) is 0 Å². The van der Waals surface area contributed by atoms with E-state index in [2.05, 4.69) is 15.2 Å². The Morgan fingerprint density at radius 3 is 2.85 bits per heavy atom. The number of benzene rings is 2. The quantitative estimate of drug-likeness (QED) is 0.365. The van der Waals surface area contributed by atoms with Gasteiger partial charge in [0.1, 0.15) is 5.75 Å². The zero-order valence-electron chi connectivity index (χ0n) is 14.0. The van der Waals surface area contributed by atoms with Crippen molar-refractivity contribution in [3.63, 3.8) is 0 Å². The van der Waals surface area contributed by atoms with Crippen molar-refractivity contribution in [2.45, 2.75) is 17.3 Å². The number of nitrogens with zero attached hydrogens (tertiary/aromatic N) is 3. The molecule has 0 aliphatic carbocycles. The van der Waals surface area contributed by atoms with Gasteiger partial charge in [0.15, 0.2) is 5.82 Å². The predicted octanol–water partition coefficient (Wildman–Crippen LogP) is 4.90. The minimum absolute atomic E-state index is 0.0557. The minimum Gasteiger partial charge on any atom is -0.496 e. The summed E-state index contributed by atoms with van der Waals surface area (Å²) in [5, 5.41) is 19.1. The zero-order chi connectivity index (χ0) is 18.7. The fourth-order valence-corrected chi connectivity index (χ4v) is 3.42. The molecule has 0 saturated heterocycles. The summed E-state index contributed by atoms with van der Waals surface area (Å²) >= 11 is 7.46. The lowest BCUT2D eigenvalue weighted by Crippen LogP contribution is -1.93. The Balaban J connectivity index is 1.82. The number of H-pyrrole nitrogens is 1. The molecule has 2 aromatic carbocycles. The summed E-state index contributed by atoms with van der Waals surface area (Å²) in [5.41, 5.74) is 1.60. The van der Waals surface area contributed by atoms with Crippen LogP contribution >= 0.6 is 23.4 Å². The molecule has 0 saturated carbocycles. The average Bonchev–Trinajstić information content (AvgIpc) is 3.10. The Labute approximate surface area is 158 Å². The van der Waals surface area contributed by atoms with E-state index in [0.29, 0.717) is 27.3 Å². The van der Waals surface area contributed by atoms with E-state index in [1.807, 2.05) is 13.0 Å². The van der Waals surface area contributed by atoms with Crippen LogP contribution in [-0.4, -0.2) is 27.2 Å². The molecule has 1 N–H and O–H groups in total. The maximum Gasteiger partial charge on any atom is 0.269 e. The van der Waals surface area contributed by atoms with Crippen LogP contribution in [0, 0.1) is 10.1 Å². The van der Waals surface area contributed by atoms with E-state index in [0.717, 1.165) is 5.56 Å². The third-order valence-electron chi connectivity index (χ3n) is 3.71. The number of aromatic nitrogens is 3. The maximum atomic E-state index is 10.9. The van der Waals surface area contributed by atoms with Crippen molar-refractivity contribution >= 4 is 29.1 Å². The molecule has 7 nitrogen and oxygen atoms in total. The van der Waals surface area contributed by atoms with Gasteiger partial charge in [-0.3, -0.25) is 15.2 Å². The molecule has 0 aliphatic rings. The number of hydrogen-bond acceptors (Lipinski definition) is 6. The van der Waals surface area contributed by atoms with Gasteiger partial charge < -0.3 is 4.74 Å². The number of nitro groups is 1. The number of ether oxygens (including phenoxy) is 1. The Morgan fingerprint density at radius 1 is 1.31 bits per heavy atom. The number of rotatable bonds is 6. The largest absolute Gasteiger partial charge is 0.496 e. The van der Waals surface area contributed by atoms with Gasteiger partial charge in [-0.05, 0) is 30.7 Å². The third kappa shape index (κ3) is 3.97. The van der Waals surface area contributed by atoms with Gasteiger partial charge in [0.25, 0.3) is 5.69 Å². The van der Waals surface area contributed by atoms with Gasteiger partial charge in [-0.25, -0.2) is 4.98 Å². The number of nitro benzene ring substituents is 1. The monoisotopic (exact) mass is 390 g/mol. The Kier molecular flexibility index (Phi) is 5.43. The molecule has 0 unspecified atom stereocenters. The first kappa shape index (κ1) is 18.2. The van der Waals surface area contributed by atoms with Crippen molar-refractivity contribution in [3.05, 3.63) is 63.2 Å². The van der Waals surface area contributed by atoms with Gasteiger partial charge >= 0.3 is 0 Å². The van der Waals surface area contributed by atoms with Crippen LogP contribution in [0.2, 0.25) is 5.02 Å². The number of nitrogens with one attached hydrogen (secondary N) is 1. The van der Waals surface area contributed by atoms with E-state index >= 15 is 0 Å². The topological polar surface area (TPSA) is 93.9 Å². The van der Waals surface area contributed by atoms with Crippen LogP contribution in [0.4, 0.5) is 5.69 Å². The molecule has 0 amide bonds. The van der Waals surface area contributed by atoms with Gasteiger partial charge in [0.05, 0.1) is 17.6 Å². The highest BCUT2D eigenvalue weighted by Crippen LogP contribution is 2.36. The summed E-state index contributed by atoms with van der Waals surface area (Å²) in [5.74, 6) is 1.17. The molecule has 0 aliphatic heterocycles. The van der Waals surface area contributed by atoms with E-state index < -0.39 is 4.92 Å². The molecular weight excluding hydrogens is 376 g/mol. The highest BCUT2D eigenvalue weighted by Gasteiger charge is 2.16. The summed E-state index contributed by atoms with van der Waals surface area (Å²) in [6, 6.07) is 11.8. The number of halogens is 1. The number of aromatic amines is 1. The lowest BCUT2D eigenvalue weighted by atomic mass is 10.1. The molecule has 0 spiro atoms. The van der Waals surface area contributed by atoms with Crippen LogP contribution in [0.5, 0.6) is 5.75 Å². The lowest BCUT2D eigenvalue weighted by Gasteiger charge is -2.08. The summed E-state index contributed by atoms with van der Waals surface area (Å²) in [6.07, 6.45) is 0. The first-order chi connectivity index (χ1) is 12.5. The molecule has 3 aromatic rings. The van der Waals surface area contributed by atoms with E-state index in [4.69, 9.17) is 16.3 Å². The molecule has 134 valence electrons. The van der Waals surface area contributed by atoms with Crippen LogP contribution < -0.4 is 4.74 Å². The van der Waals surface area contributed by atoms with Crippen molar-refractivity contribution in [3.8, 4) is 17.1 Å². The van der Waals surface area contributed by atoms with Gasteiger partial charge in [0, 0.05) is 22.4 Å². The molecule has 9 heteroatoms. The van der Waals surface area contributed by atoms with Crippen molar-refractivity contribution in [1.29, 1.82) is 0 Å². The second-order valence-corrected chi connectivity index (χ2v) is 7.17. The van der Waals surface area contributed by atoms with E-state index in [1.165, 1.54) is 17.8 Å². The first-order valence-electron chi connectivity index (χ1n) is 7.65. The van der Waals surface area contributed by atoms with Crippen molar-refractivity contribution in [2.75, 3.05) is 7.11 Å². The molecule has 1 aromatic heterocycles. The molecule has 1 atom stereocenters. The van der Waals surface area contributed by atoms with Gasteiger partial charge in [-0.15, -0.1) is 5.10 Å². The fraction of sp³-hybridized carbons (Fsp3) is 0.176. The van der Waals surface area contributed by atoms with Gasteiger partial charge in [-0.1, -0.05) is 35.5 Å². The van der Waals surface area contributed by atoms with Crippen LogP contribution in [0.1, 0.15) is 17.7 Å². The zero-order valence-corrected chi connectivity index (χ0v) is 15.5. The highest BCUT2D eigenvalue weighted by atomic mass is 35.5. The van der Waals surface area contributed by atoms with Crippen molar-refractivity contribution in [1.82, 2.24) is 15.2 Å².